The minimum atomic E-state index is -0.534. The number of carbonyl (C=O) groups excluding carboxylic acids is 2. The fourth-order valence-corrected chi connectivity index (χ4v) is 2.21. The molecule has 0 amide bonds. The van der Waals surface area contributed by atoms with Crippen molar-refractivity contribution in [3.63, 3.8) is 0 Å². The topological polar surface area (TPSA) is 52.6 Å². The second-order valence-electron chi connectivity index (χ2n) is 5.60. The van der Waals surface area contributed by atoms with Crippen LogP contribution in [0.1, 0.15) is 18.1 Å². The molecule has 0 saturated heterocycles. The van der Waals surface area contributed by atoms with Crippen molar-refractivity contribution in [2.24, 2.45) is 0 Å². The van der Waals surface area contributed by atoms with Gasteiger partial charge in [-0.3, -0.25) is 0 Å². The summed E-state index contributed by atoms with van der Waals surface area (Å²) in [6, 6.07) is 19.5. The molecule has 25 heavy (non-hydrogen) atoms. The van der Waals surface area contributed by atoms with E-state index < -0.39 is 11.9 Å². The molecule has 2 aromatic carbocycles. The van der Waals surface area contributed by atoms with E-state index >= 15 is 0 Å². The van der Waals surface area contributed by atoms with Crippen LogP contribution in [0.4, 0.5) is 0 Å². The minimum Gasteiger partial charge on any atom is -0.462 e. The summed E-state index contributed by atoms with van der Waals surface area (Å²) in [7, 11) is 0. The quantitative estimate of drug-likeness (QED) is 0.546. The zero-order valence-electron chi connectivity index (χ0n) is 14.3. The highest BCUT2D eigenvalue weighted by Crippen LogP contribution is 2.04. The van der Waals surface area contributed by atoms with Crippen LogP contribution in [0.3, 0.4) is 0 Å². The van der Waals surface area contributed by atoms with Crippen LogP contribution in [-0.4, -0.2) is 25.2 Å². The summed E-state index contributed by atoms with van der Waals surface area (Å²) in [5, 5.41) is 0. The van der Waals surface area contributed by atoms with Crippen LogP contribution in [-0.2, 0) is 31.9 Å². The number of hydrogen-bond acceptors (Lipinski definition) is 4. The Hall–Kier alpha value is -2.88. The predicted octanol–water partition coefficient (Wildman–Crippen LogP) is 3.50. The highest BCUT2D eigenvalue weighted by Gasteiger charge is 2.09. The lowest BCUT2D eigenvalue weighted by Gasteiger charge is -2.06. The molecule has 2 rings (SSSR count). The first-order valence-electron chi connectivity index (χ1n) is 8.25. The van der Waals surface area contributed by atoms with Crippen molar-refractivity contribution in [1.29, 1.82) is 0 Å². The number of hydrogen-bond donors (Lipinski definition) is 0. The molecule has 0 atom stereocenters. The predicted molar refractivity (Wildman–Crippen MR) is 96.0 cm³/mol. The Bertz CT molecular complexity index is 705. The van der Waals surface area contributed by atoms with Crippen molar-refractivity contribution in [1.82, 2.24) is 0 Å². The van der Waals surface area contributed by atoms with Crippen molar-refractivity contribution in [2.45, 2.75) is 19.8 Å². The van der Waals surface area contributed by atoms with E-state index in [0.717, 1.165) is 11.1 Å². The van der Waals surface area contributed by atoms with Gasteiger partial charge in [-0.25, -0.2) is 9.59 Å². The molecule has 0 N–H and O–H groups in total. The molecular formula is C21H22O4. The van der Waals surface area contributed by atoms with Crippen molar-refractivity contribution in [2.75, 3.05) is 13.2 Å². The number of ether oxygens (including phenoxy) is 2. The van der Waals surface area contributed by atoms with E-state index in [1.807, 2.05) is 60.7 Å². The lowest BCUT2D eigenvalue weighted by atomic mass is 10.2. The van der Waals surface area contributed by atoms with Gasteiger partial charge in [-0.15, -0.1) is 0 Å². The molecule has 4 nitrogen and oxygen atoms in total. The summed E-state index contributed by atoms with van der Waals surface area (Å²) in [6.07, 6.45) is 2.46. The number of esters is 2. The maximum absolute atomic E-state index is 11.9. The first kappa shape index (κ1) is 18.5. The van der Waals surface area contributed by atoms with Gasteiger partial charge in [-0.05, 0) is 18.1 Å². The van der Waals surface area contributed by atoms with Crippen molar-refractivity contribution in [3.8, 4) is 0 Å². The van der Waals surface area contributed by atoms with E-state index in [1.165, 1.54) is 6.08 Å². The molecule has 0 spiro atoms. The molecule has 2 aromatic rings. The first-order chi connectivity index (χ1) is 12.1. The molecular weight excluding hydrogens is 316 g/mol. The maximum Gasteiger partial charge on any atom is 0.333 e. The van der Waals surface area contributed by atoms with Crippen LogP contribution in [0, 0.1) is 0 Å². The monoisotopic (exact) mass is 338 g/mol. The van der Waals surface area contributed by atoms with Crippen molar-refractivity contribution < 1.29 is 19.1 Å². The molecule has 0 aliphatic heterocycles. The fourth-order valence-electron chi connectivity index (χ4n) is 2.21. The zero-order chi connectivity index (χ0) is 17.9. The Morgan fingerprint density at radius 2 is 1.28 bits per heavy atom. The highest BCUT2D eigenvalue weighted by atomic mass is 16.5. The Morgan fingerprint density at radius 1 is 0.800 bits per heavy atom. The Kier molecular flexibility index (Phi) is 7.44. The molecule has 130 valence electrons. The zero-order valence-corrected chi connectivity index (χ0v) is 14.3. The van der Waals surface area contributed by atoms with Crippen molar-refractivity contribution in [3.05, 3.63) is 83.4 Å². The van der Waals surface area contributed by atoms with E-state index in [9.17, 15) is 9.59 Å². The molecule has 0 bridgehead atoms. The van der Waals surface area contributed by atoms with Gasteiger partial charge in [0.15, 0.2) is 0 Å². The third kappa shape index (κ3) is 7.04. The average Bonchev–Trinajstić information content (AvgIpc) is 2.63. The first-order valence-corrected chi connectivity index (χ1v) is 8.25. The van der Waals surface area contributed by atoms with Gasteiger partial charge in [0.25, 0.3) is 0 Å². The summed E-state index contributed by atoms with van der Waals surface area (Å²) < 4.78 is 10.3. The van der Waals surface area contributed by atoms with Crippen molar-refractivity contribution >= 4 is 11.9 Å². The number of benzene rings is 2. The largest absolute Gasteiger partial charge is 0.462 e. The highest BCUT2D eigenvalue weighted by molar-refractivity contribution is 5.95. The molecule has 0 radical (unpaired) electrons. The summed E-state index contributed by atoms with van der Waals surface area (Å²) in [5.74, 6) is -1.04. The van der Waals surface area contributed by atoms with Crippen LogP contribution in [0.5, 0.6) is 0 Å². The molecule has 0 aromatic heterocycles. The molecule has 0 aliphatic carbocycles. The third-order valence-electron chi connectivity index (χ3n) is 3.60. The SMILES string of the molecule is C/C(=C\C(=O)OCCc1ccccc1)C(=O)OCCc1ccccc1. The second-order valence-corrected chi connectivity index (χ2v) is 5.60. The van der Waals surface area contributed by atoms with Gasteiger partial charge in [-0.1, -0.05) is 60.7 Å². The molecule has 0 heterocycles. The number of carbonyl (C=O) groups is 2. The fraction of sp³-hybridized carbons (Fsp3) is 0.238. The lowest BCUT2D eigenvalue weighted by molar-refractivity contribution is -0.141. The molecule has 0 unspecified atom stereocenters. The van der Waals surface area contributed by atoms with E-state index in [1.54, 1.807) is 6.92 Å². The smallest absolute Gasteiger partial charge is 0.333 e. The molecule has 0 saturated carbocycles. The average molecular weight is 338 g/mol. The standard InChI is InChI=1S/C21H22O4/c1-17(21(23)25-15-13-19-10-6-3-7-11-19)16-20(22)24-14-12-18-8-4-2-5-9-18/h2-11,16H,12-15H2,1H3/b17-16+. The molecule has 0 aliphatic rings. The van der Waals surface area contributed by atoms with E-state index in [2.05, 4.69) is 0 Å². The van der Waals surface area contributed by atoms with Gasteiger partial charge in [0, 0.05) is 24.5 Å². The van der Waals surface area contributed by atoms with E-state index in [0.29, 0.717) is 12.8 Å². The lowest BCUT2D eigenvalue weighted by Crippen LogP contribution is -2.12. The Morgan fingerprint density at radius 3 is 1.80 bits per heavy atom. The Labute approximate surface area is 148 Å². The van der Waals surface area contributed by atoms with E-state index in [4.69, 9.17) is 9.47 Å². The van der Waals surface area contributed by atoms with Gasteiger partial charge < -0.3 is 9.47 Å². The van der Waals surface area contributed by atoms with Crippen LogP contribution in [0.25, 0.3) is 0 Å². The van der Waals surface area contributed by atoms with Gasteiger partial charge in [0.05, 0.1) is 13.2 Å². The summed E-state index contributed by atoms with van der Waals surface area (Å²) in [5.41, 5.74) is 2.42. The minimum absolute atomic E-state index is 0.234. The van der Waals surface area contributed by atoms with Crippen LogP contribution in [0.2, 0.25) is 0 Å². The molecule has 0 fully saturated rings. The Balaban J connectivity index is 1.69. The van der Waals surface area contributed by atoms with Crippen LogP contribution in [0.15, 0.2) is 72.3 Å². The van der Waals surface area contributed by atoms with E-state index in [-0.39, 0.29) is 18.8 Å². The summed E-state index contributed by atoms with van der Waals surface area (Å²) in [6.45, 7) is 2.09. The van der Waals surface area contributed by atoms with Crippen LogP contribution >= 0.6 is 0 Å². The third-order valence-corrected chi connectivity index (χ3v) is 3.60. The van der Waals surface area contributed by atoms with Gasteiger partial charge in [-0.2, -0.15) is 0 Å². The summed E-state index contributed by atoms with van der Waals surface area (Å²) >= 11 is 0. The molecule has 4 heteroatoms. The van der Waals surface area contributed by atoms with Crippen LogP contribution < -0.4 is 0 Å². The van der Waals surface area contributed by atoms with Gasteiger partial charge >= 0.3 is 11.9 Å². The van der Waals surface area contributed by atoms with Gasteiger partial charge in [0.1, 0.15) is 0 Å². The summed E-state index contributed by atoms with van der Waals surface area (Å²) in [4.78, 5) is 23.6. The second kappa shape index (κ2) is 10.1. The van der Waals surface area contributed by atoms with Gasteiger partial charge in [0.2, 0.25) is 0 Å². The number of rotatable bonds is 8. The maximum atomic E-state index is 11.9. The normalized spacial score (nSPS) is 11.0.